The molecule has 6 heteroatoms. The number of halogens is 1. The van der Waals surface area contributed by atoms with Gasteiger partial charge in [-0.15, -0.1) is 0 Å². The van der Waals surface area contributed by atoms with Crippen molar-refractivity contribution in [3.05, 3.63) is 39.9 Å². The van der Waals surface area contributed by atoms with Crippen LogP contribution in [0.15, 0.2) is 30.7 Å². The van der Waals surface area contributed by atoms with E-state index in [1.165, 1.54) is 18.4 Å². The van der Waals surface area contributed by atoms with Crippen molar-refractivity contribution >= 4 is 34.4 Å². The van der Waals surface area contributed by atoms with Crippen molar-refractivity contribution < 1.29 is 0 Å². The van der Waals surface area contributed by atoms with E-state index >= 15 is 0 Å². The topological polar surface area (TPSA) is 62.7 Å². The molecule has 2 fully saturated rings. The van der Waals surface area contributed by atoms with Crippen LogP contribution < -0.4 is 10.6 Å². The molecule has 0 spiro atoms. The molecule has 0 aromatic carbocycles. The highest BCUT2D eigenvalue weighted by Gasteiger charge is 2.26. The van der Waals surface area contributed by atoms with E-state index in [-0.39, 0.29) is 0 Å². The Morgan fingerprint density at radius 3 is 2.26 bits per heavy atom. The molecule has 0 aliphatic heterocycles. The second-order valence-corrected chi connectivity index (χ2v) is 7.72. The molecule has 2 heterocycles. The van der Waals surface area contributed by atoms with Gasteiger partial charge in [0.25, 0.3) is 0 Å². The van der Waals surface area contributed by atoms with Gasteiger partial charge in [-0.05, 0) is 78.3 Å². The number of nitrogens with zero attached hydrogens (tertiary/aromatic N) is 3. The summed E-state index contributed by atoms with van der Waals surface area (Å²) in [5.41, 5.74) is 1.28. The van der Waals surface area contributed by atoms with Gasteiger partial charge in [0.15, 0.2) is 0 Å². The molecule has 2 aliphatic carbocycles. The molecule has 120 valence electrons. The van der Waals surface area contributed by atoms with Gasteiger partial charge in [0, 0.05) is 34.2 Å². The van der Waals surface area contributed by atoms with Gasteiger partial charge in [-0.1, -0.05) is 0 Å². The van der Waals surface area contributed by atoms with Gasteiger partial charge in [-0.25, -0.2) is 15.0 Å². The third-order valence-corrected chi connectivity index (χ3v) is 5.20. The third-order valence-electron chi connectivity index (χ3n) is 4.57. The minimum atomic E-state index is 0.433. The molecule has 0 saturated heterocycles. The second-order valence-electron chi connectivity index (χ2n) is 6.47. The number of hydrogen-bond donors (Lipinski definition) is 2. The van der Waals surface area contributed by atoms with Gasteiger partial charge in [0.1, 0.15) is 5.82 Å². The molecule has 0 unspecified atom stereocenters. The van der Waals surface area contributed by atoms with Gasteiger partial charge in [-0.2, -0.15) is 0 Å². The molecule has 0 amide bonds. The standard InChI is InChI=1S/C17H20IN5/c18-13-3-6-16(19-10-13)22-14-4-5-15(7-14)23-17-20-8-12(9-21-17)11-1-2-11/h3,6,8-11,14-15H,1-2,4-5,7H2,(H,19,22)(H,20,21,23)/t14-,15-/m0/s1. The number of rotatable bonds is 5. The molecule has 2 aromatic rings. The summed E-state index contributed by atoms with van der Waals surface area (Å²) in [6.07, 6.45) is 11.8. The summed E-state index contributed by atoms with van der Waals surface area (Å²) < 4.78 is 1.16. The average Bonchev–Trinajstić information content (AvgIpc) is 3.32. The Hall–Kier alpha value is -1.44. The maximum Gasteiger partial charge on any atom is 0.222 e. The van der Waals surface area contributed by atoms with Crippen molar-refractivity contribution in [3.63, 3.8) is 0 Å². The fourth-order valence-electron chi connectivity index (χ4n) is 3.14. The highest BCUT2D eigenvalue weighted by atomic mass is 127. The Bertz CT molecular complexity index is 654. The summed E-state index contributed by atoms with van der Waals surface area (Å²) in [6.45, 7) is 0. The highest BCUT2D eigenvalue weighted by Crippen LogP contribution is 2.39. The largest absolute Gasteiger partial charge is 0.367 e. The normalized spacial score (nSPS) is 23.7. The fourth-order valence-corrected chi connectivity index (χ4v) is 3.46. The number of aromatic nitrogens is 3. The van der Waals surface area contributed by atoms with Crippen LogP contribution in [-0.2, 0) is 0 Å². The van der Waals surface area contributed by atoms with Gasteiger partial charge in [-0.3, -0.25) is 0 Å². The monoisotopic (exact) mass is 421 g/mol. The lowest BCUT2D eigenvalue weighted by Crippen LogP contribution is -2.22. The Morgan fingerprint density at radius 2 is 1.61 bits per heavy atom. The van der Waals surface area contributed by atoms with Crippen molar-refractivity contribution in [1.82, 2.24) is 15.0 Å². The van der Waals surface area contributed by atoms with Crippen molar-refractivity contribution in [1.29, 1.82) is 0 Å². The zero-order valence-electron chi connectivity index (χ0n) is 12.9. The first-order valence-corrected chi connectivity index (χ1v) is 9.31. The molecule has 23 heavy (non-hydrogen) atoms. The van der Waals surface area contributed by atoms with E-state index in [4.69, 9.17) is 0 Å². The van der Waals surface area contributed by atoms with Crippen LogP contribution >= 0.6 is 22.6 Å². The van der Waals surface area contributed by atoms with Crippen molar-refractivity contribution in [2.24, 2.45) is 0 Å². The Kier molecular flexibility index (Phi) is 4.33. The van der Waals surface area contributed by atoms with Crippen LogP contribution in [0.3, 0.4) is 0 Å². The maximum atomic E-state index is 4.47. The lowest BCUT2D eigenvalue weighted by atomic mass is 10.2. The Labute approximate surface area is 149 Å². The molecule has 4 rings (SSSR count). The van der Waals surface area contributed by atoms with Crippen molar-refractivity contribution in [3.8, 4) is 0 Å². The third kappa shape index (κ3) is 3.91. The minimum Gasteiger partial charge on any atom is -0.367 e. The van der Waals surface area contributed by atoms with Crippen molar-refractivity contribution in [2.45, 2.75) is 50.1 Å². The number of hydrogen-bond acceptors (Lipinski definition) is 5. The summed E-state index contributed by atoms with van der Waals surface area (Å²) in [4.78, 5) is 13.4. The highest BCUT2D eigenvalue weighted by molar-refractivity contribution is 14.1. The number of nitrogens with one attached hydrogen (secondary N) is 2. The molecule has 2 N–H and O–H groups in total. The zero-order valence-corrected chi connectivity index (χ0v) is 15.0. The van der Waals surface area contributed by atoms with E-state index in [0.717, 1.165) is 34.6 Å². The van der Waals surface area contributed by atoms with Crippen LogP contribution in [0.4, 0.5) is 11.8 Å². The van der Waals surface area contributed by atoms with Gasteiger partial charge in [0.05, 0.1) is 0 Å². The Balaban J connectivity index is 1.30. The lowest BCUT2D eigenvalue weighted by molar-refractivity contribution is 0.716. The predicted octanol–water partition coefficient (Wildman–Crippen LogP) is 3.80. The summed E-state index contributed by atoms with van der Waals surface area (Å²) in [7, 11) is 0. The first-order valence-electron chi connectivity index (χ1n) is 8.23. The van der Waals surface area contributed by atoms with Gasteiger partial charge < -0.3 is 10.6 Å². The van der Waals surface area contributed by atoms with Crippen LogP contribution in [0.5, 0.6) is 0 Å². The molecule has 5 nitrogen and oxygen atoms in total. The first-order chi connectivity index (χ1) is 11.3. The van der Waals surface area contributed by atoms with E-state index in [1.807, 2.05) is 24.7 Å². The van der Waals surface area contributed by atoms with Gasteiger partial charge in [0.2, 0.25) is 5.95 Å². The average molecular weight is 421 g/mol. The van der Waals surface area contributed by atoms with E-state index < -0.39 is 0 Å². The Morgan fingerprint density at radius 1 is 0.870 bits per heavy atom. The van der Waals surface area contributed by atoms with E-state index in [0.29, 0.717) is 18.0 Å². The first kappa shape index (κ1) is 15.1. The molecule has 0 radical (unpaired) electrons. The van der Waals surface area contributed by atoms with Crippen LogP contribution in [0.1, 0.15) is 43.6 Å². The number of pyridine rings is 1. The molecular weight excluding hydrogens is 401 g/mol. The maximum absolute atomic E-state index is 4.47. The summed E-state index contributed by atoms with van der Waals surface area (Å²) in [5, 5.41) is 6.99. The molecule has 2 atom stereocenters. The molecule has 2 saturated carbocycles. The molecule has 2 aliphatic rings. The quantitative estimate of drug-likeness (QED) is 0.720. The van der Waals surface area contributed by atoms with E-state index in [2.05, 4.69) is 54.2 Å². The van der Waals surface area contributed by atoms with Crippen LogP contribution in [-0.4, -0.2) is 27.0 Å². The fraction of sp³-hybridized carbons (Fsp3) is 0.471. The molecule has 0 bridgehead atoms. The minimum absolute atomic E-state index is 0.433. The predicted molar refractivity (Wildman–Crippen MR) is 99.6 cm³/mol. The summed E-state index contributed by atoms with van der Waals surface area (Å²) >= 11 is 2.27. The zero-order chi connectivity index (χ0) is 15.6. The van der Waals surface area contributed by atoms with Gasteiger partial charge >= 0.3 is 0 Å². The van der Waals surface area contributed by atoms with Crippen LogP contribution in [0, 0.1) is 3.57 Å². The second kappa shape index (κ2) is 6.59. The smallest absolute Gasteiger partial charge is 0.222 e. The SMILES string of the molecule is Ic1ccc(N[C@H]2CC[C@H](Nc3ncc(C4CC4)cn3)C2)nc1. The molecular formula is C17H20IN5. The number of anilines is 2. The van der Waals surface area contributed by atoms with E-state index in [1.54, 1.807) is 0 Å². The molecule has 2 aromatic heterocycles. The van der Waals surface area contributed by atoms with E-state index in [9.17, 15) is 0 Å². The summed E-state index contributed by atoms with van der Waals surface area (Å²) in [5.74, 6) is 2.43. The van der Waals surface area contributed by atoms with Crippen LogP contribution in [0.2, 0.25) is 0 Å². The van der Waals surface area contributed by atoms with Crippen LogP contribution in [0.25, 0.3) is 0 Å². The summed E-state index contributed by atoms with van der Waals surface area (Å²) in [6, 6.07) is 5.02. The lowest BCUT2D eigenvalue weighted by Gasteiger charge is -2.15. The van der Waals surface area contributed by atoms with Crippen molar-refractivity contribution in [2.75, 3.05) is 10.6 Å².